The summed E-state index contributed by atoms with van der Waals surface area (Å²) in [6.45, 7) is 0.401. The van der Waals surface area contributed by atoms with Crippen molar-refractivity contribution in [2.75, 3.05) is 6.61 Å². The number of rotatable bonds is 10. The van der Waals surface area contributed by atoms with Crippen LogP contribution in [0.3, 0.4) is 0 Å². The van der Waals surface area contributed by atoms with Gasteiger partial charge in [0, 0.05) is 17.8 Å². The molecule has 0 aliphatic carbocycles. The lowest BCUT2D eigenvalue weighted by molar-refractivity contribution is -0.246. The summed E-state index contributed by atoms with van der Waals surface area (Å²) in [7, 11) is 0. The number of hydrogen-bond acceptors (Lipinski definition) is 7. The van der Waals surface area contributed by atoms with E-state index in [1.807, 2.05) is 47.3 Å². The number of nitrogens with zero attached hydrogens (tertiary/aromatic N) is 3. The number of aromatic carboxylic acids is 1. The number of nitrogens with one attached hydrogen (secondary N) is 1. The molecule has 0 unspecified atom stereocenters. The predicted octanol–water partition coefficient (Wildman–Crippen LogP) is 4.38. The first-order valence-corrected chi connectivity index (χ1v) is 12.5. The van der Waals surface area contributed by atoms with Gasteiger partial charge in [0.2, 0.25) is 0 Å². The van der Waals surface area contributed by atoms with Crippen LogP contribution < -0.4 is 5.32 Å². The third-order valence-corrected chi connectivity index (χ3v) is 6.47. The van der Waals surface area contributed by atoms with Gasteiger partial charge in [0.1, 0.15) is 18.1 Å². The van der Waals surface area contributed by atoms with Crippen LogP contribution in [0.15, 0.2) is 91.3 Å². The smallest absolute Gasteiger partial charge is 0.336 e. The van der Waals surface area contributed by atoms with Gasteiger partial charge in [0.25, 0.3) is 5.91 Å². The average Bonchev–Trinajstić information content (AvgIpc) is 3.46. The maximum Gasteiger partial charge on any atom is 0.336 e. The van der Waals surface area contributed by atoms with Gasteiger partial charge >= 0.3 is 5.97 Å². The molecule has 4 N–H and O–H groups in total. The molecule has 0 spiro atoms. The molecular weight excluding hydrogens is 512 g/mol. The maximum atomic E-state index is 13.1. The molecule has 1 atom stereocenters. The summed E-state index contributed by atoms with van der Waals surface area (Å²) in [5, 5.41) is 35.9. The SMILES string of the molecule is O=C(N[C@H](COO)Cc1ccc(O)cc1)c1cc(C(=O)O)c2cc(-c3cccc(Cn4cccn4)c3)ccc2n1. The normalized spacial score (nSPS) is 11.8. The van der Waals surface area contributed by atoms with E-state index in [1.54, 1.807) is 30.5 Å². The number of aromatic nitrogens is 3. The largest absolute Gasteiger partial charge is 0.508 e. The van der Waals surface area contributed by atoms with E-state index in [1.165, 1.54) is 18.2 Å². The topological polar surface area (TPSA) is 147 Å². The van der Waals surface area contributed by atoms with Crippen molar-refractivity contribution in [2.24, 2.45) is 0 Å². The van der Waals surface area contributed by atoms with Gasteiger partial charge in [-0.15, -0.1) is 0 Å². The van der Waals surface area contributed by atoms with Gasteiger partial charge < -0.3 is 15.5 Å². The molecule has 40 heavy (non-hydrogen) atoms. The second kappa shape index (κ2) is 11.8. The Bertz CT molecular complexity index is 1650. The molecule has 3 aromatic carbocycles. The van der Waals surface area contributed by atoms with Crippen molar-refractivity contribution in [1.29, 1.82) is 0 Å². The van der Waals surface area contributed by atoms with Crippen LogP contribution in [0, 0.1) is 0 Å². The van der Waals surface area contributed by atoms with E-state index in [-0.39, 0.29) is 23.6 Å². The number of phenols is 1. The quantitative estimate of drug-likeness (QED) is 0.151. The maximum absolute atomic E-state index is 13.1. The fraction of sp³-hybridized carbons (Fsp3) is 0.133. The Labute approximate surface area is 229 Å². The molecule has 0 fully saturated rings. The monoisotopic (exact) mass is 538 g/mol. The molecule has 0 saturated heterocycles. The van der Waals surface area contributed by atoms with Crippen molar-refractivity contribution < 1.29 is 29.9 Å². The number of carbonyl (C=O) groups is 2. The van der Waals surface area contributed by atoms with Gasteiger partial charge in [-0.05, 0) is 71.1 Å². The second-order valence-corrected chi connectivity index (χ2v) is 9.33. The van der Waals surface area contributed by atoms with Crippen molar-refractivity contribution in [3.63, 3.8) is 0 Å². The van der Waals surface area contributed by atoms with Crippen LogP contribution in [0.2, 0.25) is 0 Å². The van der Waals surface area contributed by atoms with E-state index in [2.05, 4.69) is 20.3 Å². The first-order valence-electron chi connectivity index (χ1n) is 12.5. The summed E-state index contributed by atoms with van der Waals surface area (Å²) in [6, 6.07) is 22.1. The number of benzene rings is 3. The molecule has 0 aliphatic heterocycles. The van der Waals surface area contributed by atoms with Crippen molar-refractivity contribution >= 4 is 22.8 Å². The average molecular weight is 539 g/mol. The molecule has 5 rings (SSSR count). The van der Waals surface area contributed by atoms with Crippen LogP contribution in [0.1, 0.15) is 32.0 Å². The third-order valence-electron chi connectivity index (χ3n) is 6.47. The standard InChI is InChI=1S/C30H26N4O6/c35-24-8-5-19(6-9-24)14-23(18-40-39)32-29(36)28-16-26(30(37)38)25-15-22(7-10-27(25)33-28)21-4-1-3-20(13-21)17-34-12-2-11-31-34/h1-13,15-16,23,35,39H,14,17-18H2,(H,32,36)(H,37,38)/t23-/m0/s1. The zero-order valence-electron chi connectivity index (χ0n) is 21.3. The van der Waals surface area contributed by atoms with Gasteiger partial charge in [0.05, 0.1) is 23.7 Å². The second-order valence-electron chi connectivity index (χ2n) is 9.33. The summed E-state index contributed by atoms with van der Waals surface area (Å²) in [5.41, 5.74) is 3.77. The molecule has 0 radical (unpaired) electrons. The number of amides is 1. The van der Waals surface area contributed by atoms with Gasteiger partial charge in [0.15, 0.2) is 0 Å². The predicted molar refractivity (Wildman–Crippen MR) is 147 cm³/mol. The highest BCUT2D eigenvalue weighted by Crippen LogP contribution is 2.27. The number of carbonyl (C=O) groups excluding carboxylic acids is 1. The summed E-state index contributed by atoms with van der Waals surface area (Å²) in [5.74, 6) is -1.69. The molecule has 1 amide bonds. The highest BCUT2D eigenvalue weighted by Gasteiger charge is 2.20. The van der Waals surface area contributed by atoms with Gasteiger partial charge in [-0.2, -0.15) is 5.10 Å². The third kappa shape index (κ3) is 6.15. The van der Waals surface area contributed by atoms with Crippen molar-refractivity contribution in [3.05, 3.63) is 114 Å². The van der Waals surface area contributed by atoms with E-state index in [0.29, 0.717) is 23.9 Å². The van der Waals surface area contributed by atoms with E-state index in [0.717, 1.165) is 22.3 Å². The number of phenolic OH excluding ortho intramolecular Hbond substituents is 1. The minimum atomic E-state index is -1.19. The molecule has 2 heterocycles. The zero-order chi connectivity index (χ0) is 28.1. The molecule has 0 saturated carbocycles. The fourth-order valence-electron chi connectivity index (χ4n) is 4.55. The zero-order valence-corrected chi connectivity index (χ0v) is 21.3. The Balaban J connectivity index is 1.42. The van der Waals surface area contributed by atoms with E-state index in [9.17, 15) is 19.8 Å². The van der Waals surface area contributed by atoms with Crippen LogP contribution in [-0.4, -0.2) is 54.8 Å². The van der Waals surface area contributed by atoms with Crippen LogP contribution in [0.4, 0.5) is 0 Å². The van der Waals surface area contributed by atoms with Gasteiger partial charge in [-0.3, -0.25) is 14.7 Å². The highest BCUT2D eigenvalue weighted by atomic mass is 17.1. The fourth-order valence-corrected chi connectivity index (χ4v) is 4.55. The van der Waals surface area contributed by atoms with Crippen LogP contribution in [0.5, 0.6) is 5.75 Å². The van der Waals surface area contributed by atoms with Crippen LogP contribution >= 0.6 is 0 Å². The lowest BCUT2D eigenvalue weighted by Crippen LogP contribution is -2.40. The summed E-state index contributed by atoms with van der Waals surface area (Å²) < 4.78 is 1.82. The first kappa shape index (κ1) is 26.5. The lowest BCUT2D eigenvalue weighted by atomic mass is 9.98. The van der Waals surface area contributed by atoms with E-state index < -0.39 is 17.9 Å². The number of hydrogen-bond donors (Lipinski definition) is 4. The minimum Gasteiger partial charge on any atom is -0.508 e. The van der Waals surface area contributed by atoms with E-state index in [4.69, 9.17) is 5.26 Å². The van der Waals surface area contributed by atoms with Crippen molar-refractivity contribution in [3.8, 4) is 16.9 Å². The number of fused-ring (bicyclic) bond motifs is 1. The Morgan fingerprint density at radius 2 is 1.75 bits per heavy atom. The summed E-state index contributed by atoms with van der Waals surface area (Å²) in [6.07, 6.45) is 3.90. The number of pyridine rings is 1. The molecule has 5 aromatic rings. The first-order chi connectivity index (χ1) is 19.4. The Morgan fingerprint density at radius 1 is 0.950 bits per heavy atom. The molecule has 2 aromatic heterocycles. The number of aromatic hydroxyl groups is 1. The molecule has 0 bridgehead atoms. The van der Waals surface area contributed by atoms with E-state index >= 15 is 0 Å². The summed E-state index contributed by atoms with van der Waals surface area (Å²) in [4.78, 5) is 34.0. The molecule has 202 valence electrons. The molecule has 0 aliphatic rings. The Hall–Kier alpha value is -5.06. The molecule has 10 nitrogen and oxygen atoms in total. The molecular formula is C30H26N4O6. The van der Waals surface area contributed by atoms with Crippen molar-refractivity contribution in [1.82, 2.24) is 20.1 Å². The number of carboxylic acids is 1. The van der Waals surface area contributed by atoms with Crippen LogP contribution in [-0.2, 0) is 17.9 Å². The molecule has 10 heteroatoms. The van der Waals surface area contributed by atoms with Gasteiger partial charge in [-0.25, -0.2) is 14.7 Å². The highest BCUT2D eigenvalue weighted by molar-refractivity contribution is 6.06. The minimum absolute atomic E-state index is 0.0572. The Kier molecular flexibility index (Phi) is 7.81. The Morgan fingerprint density at radius 3 is 2.48 bits per heavy atom. The summed E-state index contributed by atoms with van der Waals surface area (Å²) >= 11 is 0. The van der Waals surface area contributed by atoms with Crippen LogP contribution in [0.25, 0.3) is 22.0 Å². The van der Waals surface area contributed by atoms with Crippen molar-refractivity contribution in [2.45, 2.75) is 19.0 Å². The lowest BCUT2D eigenvalue weighted by Gasteiger charge is -2.17. The number of carboxylic acid groups (broad SMARTS) is 1. The van der Waals surface area contributed by atoms with Gasteiger partial charge in [-0.1, -0.05) is 36.4 Å².